The monoisotopic (exact) mass is 224 g/mol. The fourth-order valence-corrected chi connectivity index (χ4v) is 0.925. The van der Waals surface area contributed by atoms with E-state index in [-0.39, 0.29) is 6.29 Å². The summed E-state index contributed by atoms with van der Waals surface area (Å²) >= 11 is 0. The molecule has 0 amide bonds. The summed E-state index contributed by atoms with van der Waals surface area (Å²) in [5, 5.41) is 27.0. The van der Waals surface area contributed by atoms with Crippen LogP contribution in [0.2, 0.25) is 0 Å². The van der Waals surface area contributed by atoms with Gasteiger partial charge in [0.15, 0.2) is 12.4 Å². The molecule has 0 unspecified atom stereocenters. The predicted octanol–water partition coefficient (Wildman–Crippen LogP) is -1.98. The number of hydrogen-bond donors (Lipinski definition) is 3. The van der Waals surface area contributed by atoms with Crippen LogP contribution in [0.4, 0.5) is 0 Å². The van der Waals surface area contributed by atoms with E-state index in [0.717, 1.165) is 0 Å². The molecule has 4 atom stereocenters. The Morgan fingerprint density at radius 2 is 2.00 bits per heavy atom. The lowest BCUT2D eigenvalue weighted by Crippen LogP contribution is -2.49. The van der Waals surface area contributed by atoms with Crippen molar-refractivity contribution in [2.75, 3.05) is 14.2 Å². The van der Waals surface area contributed by atoms with Crippen LogP contribution in [0.3, 0.4) is 0 Å². The van der Waals surface area contributed by atoms with Crippen molar-refractivity contribution in [2.24, 2.45) is 0 Å². The molecular formula is C8H14O7. The summed E-state index contributed by atoms with van der Waals surface area (Å²) < 4.78 is 22.8. The molecule has 0 saturated heterocycles. The molecule has 0 heterocycles. The maximum absolute atomic E-state index is 10.6. The van der Waals surface area contributed by atoms with Crippen LogP contribution in [-0.4, -0.2) is 66.2 Å². The van der Waals surface area contributed by atoms with E-state index in [0.29, 0.717) is 0 Å². The highest BCUT2D eigenvalue weighted by Gasteiger charge is 2.36. The number of aliphatic hydroxyl groups is 2. The van der Waals surface area contributed by atoms with E-state index < -0.39 is 44.6 Å². The molecule has 0 fully saturated rings. The Morgan fingerprint density at radius 3 is 2.40 bits per heavy atom. The smallest absolute Gasteiger partial charge is 0.335 e. The van der Waals surface area contributed by atoms with E-state index in [2.05, 4.69) is 9.47 Å². The maximum atomic E-state index is 10.6. The number of carboxylic acid groups (broad SMARTS) is 1. The average molecular weight is 224 g/mol. The minimum absolute atomic E-state index is 0.201. The van der Waals surface area contributed by atoms with Gasteiger partial charge < -0.3 is 29.6 Å². The van der Waals surface area contributed by atoms with E-state index in [4.69, 9.17) is 13.0 Å². The van der Waals surface area contributed by atoms with Gasteiger partial charge in [0.25, 0.3) is 0 Å². The fraction of sp³-hybridized carbons (Fsp3) is 0.750. The quantitative estimate of drug-likeness (QED) is 0.429. The Balaban J connectivity index is 4.79. The highest BCUT2D eigenvalue weighted by atomic mass is 16.5. The SMILES string of the molecule is [2H]CO[C@@H]([C@H](O)[C@H](O)C(=O)O)[C@H](C=O)OC[2H]. The summed E-state index contributed by atoms with van der Waals surface area (Å²) in [6.45, 7) is 0. The molecule has 0 aromatic carbocycles. The lowest BCUT2D eigenvalue weighted by atomic mass is 10.0. The zero-order valence-electron chi connectivity index (χ0n) is 9.78. The van der Waals surface area contributed by atoms with Crippen molar-refractivity contribution in [1.29, 1.82) is 0 Å². The molecule has 0 aliphatic carbocycles. The second-order valence-electron chi connectivity index (χ2n) is 2.67. The van der Waals surface area contributed by atoms with Gasteiger partial charge in [-0.05, 0) is 0 Å². The van der Waals surface area contributed by atoms with Crippen LogP contribution in [0.15, 0.2) is 0 Å². The van der Waals surface area contributed by atoms with E-state index in [1.165, 1.54) is 0 Å². The maximum Gasteiger partial charge on any atom is 0.335 e. The Hall–Kier alpha value is -1.02. The first-order valence-electron chi connectivity index (χ1n) is 5.26. The summed E-state index contributed by atoms with van der Waals surface area (Å²) in [4.78, 5) is 21.1. The standard InChI is InChI=1S/C8H14O7/c1-14-4(3-9)7(15-2)5(10)6(11)8(12)13/h3-7,10-11H,1-2H3,(H,12,13)/t4-,5+,6-,7+/m0/s1/i1D,2D. The van der Waals surface area contributed by atoms with Gasteiger partial charge in [0, 0.05) is 14.2 Å². The third-order valence-electron chi connectivity index (χ3n) is 1.76. The van der Waals surface area contributed by atoms with Crippen LogP contribution < -0.4 is 0 Å². The highest BCUT2D eigenvalue weighted by Crippen LogP contribution is 2.10. The first-order chi connectivity index (χ1) is 7.99. The number of aldehydes is 1. The van der Waals surface area contributed by atoms with Crippen molar-refractivity contribution < 1.29 is 37.1 Å². The normalized spacial score (nSPS) is 20.7. The van der Waals surface area contributed by atoms with Crippen LogP contribution in [0, 0.1) is 0 Å². The number of hydrogen-bond acceptors (Lipinski definition) is 6. The number of methoxy groups -OCH3 is 2. The molecule has 3 N–H and O–H groups in total. The third-order valence-corrected chi connectivity index (χ3v) is 1.76. The molecule has 0 spiro atoms. The van der Waals surface area contributed by atoms with Crippen molar-refractivity contribution in [2.45, 2.75) is 24.4 Å². The second kappa shape index (κ2) is 6.46. The lowest BCUT2D eigenvalue weighted by molar-refractivity contribution is -0.168. The van der Waals surface area contributed by atoms with E-state index in [9.17, 15) is 14.7 Å². The van der Waals surface area contributed by atoms with Gasteiger partial charge in [0.1, 0.15) is 18.3 Å². The van der Waals surface area contributed by atoms with Crippen LogP contribution in [0.5, 0.6) is 0 Å². The van der Waals surface area contributed by atoms with Crippen LogP contribution in [-0.2, 0) is 19.1 Å². The van der Waals surface area contributed by atoms with Crippen molar-refractivity contribution in [1.82, 2.24) is 0 Å². The number of aliphatic carboxylic acids is 1. The number of carbonyl (C=O) groups is 2. The first-order valence-corrected chi connectivity index (χ1v) is 3.85. The summed E-state index contributed by atoms with van der Waals surface area (Å²) in [6.07, 6.45) is -6.88. The van der Waals surface area contributed by atoms with Crippen molar-refractivity contribution in [3.8, 4) is 0 Å². The Labute approximate surface area is 89.0 Å². The summed E-state index contributed by atoms with van der Waals surface area (Å²) in [7, 11) is -1.28. The molecule has 0 saturated carbocycles. The molecule has 0 aromatic heterocycles. The van der Waals surface area contributed by atoms with Gasteiger partial charge in [-0.15, -0.1) is 0 Å². The lowest BCUT2D eigenvalue weighted by Gasteiger charge is -2.26. The van der Waals surface area contributed by atoms with Gasteiger partial charge >= 0.3 is 5.97 Å². The van der Waals surface area contributed by atoms with Gasteiger partial charge in [-0.2, -0.15) is 0 Å². The highest BCUT2D eigenvalue weighted by molar-refractivity contribution is 5.73. The Morgan fingerprint density at radius 1 is 1.40 bits per heavy atom. The van der Waals surface area contributed by atoms with Gasteiger partial charge in [-0.25, -0.2) is 4.79 Å². The summed E-state index contributed by atoms with van der Waals surface area (Å²) in [6, 6.07) is 0. The van der Waals surface area contributed by atoms with Crippen LogP contribution in [0.1, 0.15) is 2.74 Å². The Kier molecular flexibility index (Phi) is 4.52. The van der Waals surface area contributed by atoms with Crippen LogP contribution >= 0.6 is 0 Å². The van der Waals surface area contributed by atoms with Gasteiger partial charge in [-0.3, -0.25) is 0 Å². The molecule has 7 nitrogen and oxygen atoms in total. The second-order valence-corrected chi connectivity index (χ2v) is 2.67. The topological polar surface area (TPSA) is 113 Å². The minimum atomic E-state index is -2.18. The molecule has 7 heteroatoms. The average Bonchev–Trinajstić information content (AvgIpc) is 2.31. The number of aliphatic hydroxyl groups excluding tert-OH is 2. The minimum Gasteiger partial charge on any atom is -0.479 e. The first kappa shape index (κ1) is 10.5. The van der Waals surface area contributed by atoms with Crippen molar-refractivity contribution in [3.05, 3.63) is 0 Å². The third kappa shape index (κ3) is 3.56. The van der Waals surface area contributed by atoms with Gasteiger partial charge in [-0.1, -0.05) is 0 Å². The molecule has 0 aromatic rings. The summed E-state index contributed by atoms with van der Waals surface area (Å²) in [5.41, 5.74) is 0. The van der Waals surface area contributed by atoms with Gasteiger partial charge in [0.05, 0.1) is 2.74 Å². The Bertz CT molecular complexity index is 250. The molecule has 15 heavy (non-hydrogen) atoms. The van der Waals surface area contributed by atoms with Crippen molar-refractivity contribution >= 4 is 12.3 Å². The van der Waals surface area contributed by atoms with Gasteiger partial charge in [0.2, 0.25) is 0 Å². The zero-order valence-corrected chi connectivity index (χ0v) is 7.78. The molecule has 88 valence electrons. The van der Waals surface area contributed by atoms with E-state index in [1.807, 2.05) is 0 Å². The fourth-order valence-electron chi connectivity index (χ4n) is 0.925. The van der Waals surface area contributed by atoms with Crippen LogP contribution in [0.25, 0.3) is 0 Å². The zero-order chi connectivity index (χ0) is 13.4. The van der Waals surface area contributed by atoms with E-state index >= 15 is 0 Å². The number of ether oxygens (including phenoxy) is 2. The molecule has 0 radical (unpaired) electrons. The largest absolute Gasteiger partial charge is 0.479 e. The number of carboxylic acids is 1. The molecule has 0 rings (SSSR count). The molecule has 0 aliphatic heterocycles. The number of carbonyl (C=O) groups excluding carboxylic acids is 1. The molecular weight excluding hydrogens is 208 g/mol. The number of rotatable bonds is 7. The van der Waals surface area contributed by atoms with E-state index in [1.54, 1.807) is 0 Å². The molecule has 0 aliphatic rings. The molecule has 0 bridgehead atoms. The predicted molar refractivity (Wildman–Crippen MR) is 47.3 cm³/mol. The van der Waals surface area contributed by atoms with Crippen molar-refractivity contribution in [3.63, 3.8) is 0 Å². The summed E-state index contributed by atoms with van der Waals surface area (Å²) in [5.74, 6) is -1.70.